The van der Waals surface area contributed by atoms with E-state index in [-0.39, 0.29) is 6.04 Å². The molecule has 2 heteroatoms. The molecule has 1 aromatic rings. The average molecular weight is 176 g/mol. The summed E-state index contributed by atoms with van der Waals surface area (Å²) in [5, 5.41) is 0. The van der Waals surface area contributed by atoms with E-state index in [4.69, 9.17) is 5.73 Å². The van der Waals surface area contributed by atoms with E-state index in [1.807, 2.05) is 32.9 Å². The molecule has 0 saturated carbocycles. The molecule has 0 amide bonds. The minimum Gasteiger partial charge on any atom is -0.321 e. The van der Waals surface area contributed by atoms with E-state index in [9.17, 15) is 0 Å². The van der Waals surface area contributed by atoms with Crippen LogP contribution in [-0.2, 0) is 0 Å². The molecule has 1 aromatic heterocycles. The smallest absolute Gasteiger partial charge is 0.0506 e. The molecule has 0 spiro atoms. The van der Waals surface area contributed by atoms with Crippen LogP contribution in [0.5, 0.6) is 0 Å². The highest BCUT2D eigenvalue weighted by molar-refractivity contribution is 5.28. The first-order valence-electron chi connectivity index (χ1n) is 4.37. The molecule has 0 saturated heterocycles. The third kappa shape index (κ3) is 2.39. The number of aryl methyl sites for hydroxylation is 2. The monoisotopic (exact) mass is 176 g/mol. The Morgan fingerprint density at radius 2 is 1.85 bits per heavy atom. The summed E-state index contributed by atoms with van der Waals surface area (Å²) in [5.41, 5.74) is 10.0. The van der Waals surface area contributed by atoms with Gasteiger partial charge in [-0.1, -0.05) is 12.2 Å². The van der Waals surface area contributed by atoms with E-state index >= 15 is 0 Å². The fourth-order valence-electron chi connectivity index (χ4n) is 1.33. The highest BCUT2D eigenvalue weighted by Crippen LogP contribution is 2.18. The Morgan fingerprint density at radius 1 is 1.38 bits per heavy atom. The highest BCUT2D eigenvalue weighted by atomic mass is 14.7. The van der Waals surface area contributed by atoms with Gasteiger partial charge in [-0.2, -0.15) is 0 Å². The Bertz CT molecular complexity index is 309. The lowest BCUT2D eigenvalue weighted by atomic mass is 10.0. The summed E-state index contributed by atoms with van der Waals surface area (Å²) in [5.74, 6) is 0. The molecular weight excluding hydrogens is 160 g/mol. The van der Waals surface area contributed by atoms with Crippen LogP contribution < -0.4 is 5.73 Å². The lowest BCUT2D eigenvalue weighted by molar-refractivity contribution is 0.841. The third-order valence-corrected chi connectivity index (χ3v) is 1.99. The van der Waals surface area contributed by atoms with Crippen LogP contribution in [0.2, 0.25) is 0 Å². The first-order valence-corrected chi connectivity index (χ1v) is 4.37. The fourth-order valence-corrected chi connectivity index (χ4v) is 1.33. The van der Waals surface area contributed by atoms with Crippen molar-refractivity contribution in [2.75, 3.05) is 0 Å². The molecule has 70 valence electrons. The summed E-state index contributed by atoms with van der Waals surface area (Å²) in [6, 6.07) is 3.94. The van der Waals surface area contributed by atoms with Crippen molar-refractivity contribution in [3.05, 3.63) is 41.2 Å². The van der Waals surface area contributed by atoms with Crippen molar-refractivity contribution < 1.29 is 0 Å². The number of rotatable bonds is 2. The minimum atomic E-state index is -0.0691. The number of nitrogens with two attached hydrogens (primary N) is 1. The molecule has 1 rings (SSSR count). The maximum atomic E-state index is 5.95. The fraction of sp³-hybridized carbons (Fsp3) is 0.364. The van der Waals surface area contributed by atoms with Crippen molar-refractivity contribution in [1.29, 1.82) is 0 Å². The molecule has 0 bridgehead atoms. The predicted octanol–water partition coefficient (Wildman–Crippen LogP) is 2.27. The Hall–Kier alpha value is -1.15. The Balaban J connectivity index is 3.07. The molecule has 0 radical (unpaired) electrons. The molecule has 1 atom stereocenters. The maximum absolute atomic E-state index is 5.95. The zero-order valence-electron chi connectivity index (χ0n) is 8.46. The van der Waals surface area contributed by atoms with Gasteiger partial charge in [0.15, 0.2) is 0 Å². The van der Waals surface area contributed by atoms with Crippen LogP contribution >= 0.6 is 0 Å². The largest absolute Gasteiger partial charge is 0.321 e. The SMILES string of the molecule is C=C(C)C(N)c1cc(C)nc(C)c1. The molecule has 1 heterocycles. The van der Waals surface area contributed by atoms with E-state index in [1.165, 1.54) is 0 Å². The van der Waals surface area contributed by atoms with Gasteiger partial charge in [-0.15, -0.1) is 0 Å². The van der Waals surface area contributed by atoms with Gasteiger partial charge in [-0.05, 0) is 38.5 Å². The van der Waals surface area contributed by atoms with Crippen molar-refractivity contribution in [2.24, 2.45) is 5.73 Å². The summed E-state index contributed by atoms with van der Waals surface area (Å²) >= 11 is 0. The van der Waals surface area contributed by atoms with E-state index in [0.717, 1.165) is 22.5 Å². The zero-order valence-corrected chi connectivity index (χ0v) is 8.46. The minimum absolute atomic E-state index is 0.0691. The molecule has 13 heavy (non-hydrogen) atoms. The molecule has 0 fully saturated rings. The average Bonchev–Trinajstić information content (AvgIpc) is 2.01. The first-order chi connectivity index (χ1) is 6.00. The van der Waals surface area contributed by atoms with Gasteiger partial charge in [0.1, 0.15) is 0 Å². The second-order valence-corrected chi connectivity index (χ2v) is 3.51. The van der Waals surface area contributed by atoms with Crippen LogP contribution in [0.4, 0.5) is 0 Å². The molecule has 0 aliphatic carbocycles. The molecule has 0 aromatic carbocycles. The van der Waals surface area contributed by atoms with Crippen molar-refractivity contribution in [3.63, 3.8) is 0 Å². The zero-order chi connectivity index (χ0) is 10.0. The normalized spacial score (nSPS) is 12.6. The van der Waals surface area contributed by atoms with Gasteiger partial charge in [-0.3, -0.25) is 4.98 Å². The van der Waals surface area contributed by atoms with Crippen molar-refractivity contribution in [1.82, 2.24) is 4.98 Å². The third-order valence-electron chi connectivity index (χ3n) is 1.99. The topological polar surface area (TPSA) is 38.9 Å². The van der Waals surface area contributed by atoms with Crippen LogP contribution in [0.25, 0.3) is 0 Å². The number of hydrogen-bond donors (Lipinski definition) is 1. The van der Waals surface area contributed by atoms with Gasteiger partial charge in [0.05, 0.1) is 6.04 Å². The lowest BCUT2D eigenvalue weighted by Crippen LogP contribution is -2.11. The standard InChI is InChI=1S/C11H16N2/c1-7(2)11(12)10-5-8(3)13-9(4)6-10/h5-6,11H,1,12H2,2-4H3. The summed E-state index contributed by atoms with van der Waals surface area (Å²) < 4.78 is 0. The quantitative estimate of drug-likeness (QED) is 0.702. The van der Waals surface area contributed by atoms with E-state index in [1.54, 1.807) is 0 Å². The lowest BCUT2D eigenvalue weighted by Gasteiger charge is -2.12. The summed E-state index contributed by atoms with van der Waals surface area (Å²) in [4.78, 5) is 4.29. The van der Waals surface area contributed by atoms with Crippen molar-refractivity contribution in [3.8, 4) is 0 Å². The maximum Gasteiger partial charge on any atom is 0.0506 e. The Labute approximate surface area is 79.5 Å². The second-order valence-electron chi connectivity index (χ2n) is 3.51. The van der Waals surface area contributed by atoms with E-state index in [2.05, 4.69) is 11.6 Å². The van der Waals surface area contributed by atoms with Gasteiger partial charge >= 0.3 is 0 Å². The summed E-state index contributed by atoms with van der Waals surface area (Å²) in [6.07, 6.45) is 0. The van der Waals surface area contributed by atoms with Gasteiger partial charge < -0.3 is 5.73 Å². The summed E-state index contributed by atoms with van der Waals surface area (Å²) in [7, 11) is 0. The summed E-state index contributed by atoms with van der Waals surface area (Å²) in [6.45, 7) is 9.73. The van der Waals surface area contributed by atoms with Crippen LogP contribution in [-0.4, -0.2) is 4.98 Å². The van der Waals surface area contributed by atoms with Crippen LogP contribution in [0, 0.1) is 13.8 Å². The van der Waals surface area contributed by atoms with Crippen molar-refractivity contribution >= 4 is 0 Å². The molecular formula is C11H16N2. The number of nitrogens with zero attached hydrogens (tertiary/aromatic N) is 1. The van der Waals surface area contributed by atoms with Crippen LogP contribution in [0.3, 0.4) is 0 Å². The van der Waals surface area contributed by atoms with Crippen molar-refractivity contribution in [2.45, 2.75) is 26.8 Å². The highest BCUT2D eigenvalue weighted by Gasteiger charge is 2.07. The number of pyridine rings is 1. The molecule has 0 aliphatic heterocycles. The second kappa shape index (κ2) is 3.71. The number of aromatic nitrogens is 1. The Kier molecular flexibility index (Phi) is 2.83. The molecule has 2 N–H and O–H groups in total. The van der Waals surface area contributed by atoms with Gasteiger partial charge in [0.25, 0.3) is 0 Å². The van der Waals surface area contributed by atoms with E-state index < -0.39 is 0 Å². The predicted molar refractivity (Wildman–Crippen MR) is 55.5 cm³/mol. The van der Waals surface area contributed by atoms with Crippen LogP contribution in [0.15, 0.2) is 24.3 Å². The molecule has 2 nitrogen and oxygen atoms in total. The molecule has 0 aliphatic rings. The van der Waals surface area contributed by atoms with Gasteiger partial charge in [-0.25, -0.2) is 0 Å². The van der Waals surface area contributed by atoms with Gasteiger partial charge in [0, 0.05) is 11.4 Å². The van der Waals surface area contributed by atoms with E-state index in [0.29, 0.717) is 0 Å². The Morgan fingerprint density at radius 3 is 2.23 bits per heavy atom. The van der Waals surface area contributed by atoms with Crippen LogP contribution in [0.1, 0.15) is 29.9 Å². The first kappa shape index (κ1) is 9.93. The number of hydrogen-bond acceptors (Lipinski definition) is 2. The molecule has 1 unspecified atom stereocenters. The van der Waals surface area contributed by atoms with Gasteiger partial charge in [0.2, 0.25) is 0 Å².